The SMILES string of the molecule is COC(=O)c1cnc(Nc2cc(N)c(F)cc2C)nc1-c1cn(N(C)C)c2ccccc12. The van der Waals surface area contributed by atoms with Crippen LogP contribution in [0.5, 0.6) is 0 Å². The first-order chi connectivity index (χ1) is 15.3. The van der Waals surface area contributed by atoms with Crippen molar-refractivity contribution in [3.63, 3.8) is 0 Å². The van der Waals surface area contributed by atoms with Crippen LogP contribution in [0.15, 0.2) is 48.8 Å². The number of halogens is 1. The number of anilines is 3. The van der Waals surface area contributed by atoms with E-state index in [1.165, 1.54) is 25.4 Å². The Morgan fingerprint density at radius 1 is 1.25 bits per heavy atom. The van der Waals surface area contributed by atoms with Gasteiger partial charge in [-0.2, -0.15) is 0 Å². The molecule has 9 heteroatoms. The van der Waals surface area contributed by atoms with Crippen LogP contribution in [0.1, 0.15) is 15.9 Å². The lowest BCUT2D eigenvalue weighted by molar-refractivity contribution is 0.0601. The minimum atomic E-state index is -0.546. The van der Waals surface area contributed by atoms with Crippen LogP contribution in [0.3, 0.4) is 0 Å². The molecule has 4 rings (SSSR count). The molecule has 0 atom stereocenters. The number of aromatic nitrogens is 3. The molecule has 0 aliphatic carbocycles. The highest BCUT2D eigenvalue weighted by Gasteiger charge is 2.21. The van der Waals surface area contributed by atoms with Crippen molar-refractivity contribution < 1.29 is 13.9 Å². The number of para-hydroxylation sites is 1. The van der Waals surface area contributed by atoms with Gasteiger partial charge in [0.25, 0.3) is 0 Å². The van der Waals surface area contributed by atoms with Gasteiger partial charge in [-0.1, -0.05) is 18.2 Å². The number of carbonyl (C=O) groups excluding carboxylic acids is 1. The van der Waals surface area contributed by atoms with Crippen molar-refractivity contribution >= 4 is 34.2 Å². The second kappa shape index (κ2) is 8.18. The minimum Gasteiger partial charge on any atom is -0.465 e. The summed E-state index contributed by atoms with van der Waals surface area (Å²) < 4.78 is 20.7. The Hall–Kier alpha value is -4.14. The van der Waals surface area contributed by atoms with E-state index in [9.17, 15) is 9.18 Å². The van der Waals surface area contributed by atoms with Gasteiger partial charge in [-0.05, 0) is 30.7 Å². The van der Waals surface area contributed by atoms with E-state index < -0.39 is 11.8 Å². The van der Waals surface area contributed by atoms with Crippen LogP contribution in [0, 0.1) is 12.7 Å². The fraction of sp³-hybridized carbons (Fsp3) is 0.174. The topological polar surface area (TPSA) is 98.3 Å². The number of nitrogens with zero attached hydrogens (tertiary/aromatic N) is 4. The Morgan fingerprint density at radius 3 is 2.72 bits per heavy atom. The van der Waals surface area contributed by atoms with Crippen LogP contribution in [-0.4, -0.2) is 41.8 Å². The van der Waals surface area contributed by atoms with E-state index in [-0.39, 0.29) is 17.2 Å². The van der Waals surface area contributed by atoms with E-state index in [0.717, 1.165) is 16.5 Å². The molecule has 2 aromatic carbocycles. The number of aryl methyl sites for hydroxylation is 1. The maximum absolute atomic E-state index is 13.7. The van der Waals surface area contributed by atoms with Crippen LogP contribution in [0.2, 0.25) is 0 Å². The number of ether oxygens (including phenoxy) is 1. The molecule has 4 aromatic rings. The third-order valence-electron chi connectivity index (χ3n) is 5.16. The van der Waals surface area contributed by atoms with E-state index in [1.807, 2.05) is 54.2 Å². The summed E-state index contributed by atoms with van der Waals surface area (Å²) >= 11 is 0. The summed E-state index contributed by atoms with van der Waals surface area (Å²) in [7, 11) is 5.16. The summed E-state index contributed by atoms with van der Waals surface area (Å²) in [6.45, 7) is 1.75. The molecule has 8 nitrogen and oxygen atoms in total. The molecule has 0 fully saturated rings. The van der Waals surface area contributed by atoms with E-state index >= 15 is 0 Å². The molecule has 0 bridgehead atoms. The van der Waals surface area contributed by atoms with Crippen LogP contribution in [-0.2, 0) is 4.74 Å². The zero-order valence-electron chi connectivity index (χ0n) is 18.2. The highest BCUT2D eigenvalue weighted by molar-refractivity contribution is 6.03. The zero-order valence-corrected chi connectivity index (χ0v) is 18.2. The third kappa shape index (κ3) is 3.68. The third-order valence-corrected chi connectivity index (χ3v) is 5.16. The number of nitrogen functional groups attached to an aromatic ring is 1. The Kier molecular flexibility index (Phi) is 5.40. The molecule has 0 spiro atoms. The zero-order chi connectivity index (χ0) is 23.0. The lowest BCUT2D eigenvalue weighted by Crippen LogP contribution is -2.23. The number of hydrogen-bond donors (Lipinski definition) is 2. The Balaban J connectivity index is 1.89. The fourth-order valence-electron chi connectivity index (χ4n) is 3.53. The van der Waals surface area contributed by atoms with Crippen molar-refractivity contribution in [2.45, 2.75) is 6.92 Å². The first-order valence-electron chi connectivity index (χ1n) is 9.86. The first-order valence-corrected chi connectivity index (χ1v) is 9.86. The first kappa shape index (κ1) is 21.1. The van der Waals surface area contributed by atoms with Crippen molar-refractivity contribution in [1.82, 2.24) is 14.6 Å². The number of carbonyl (C=O) groups is 1. The number of rotatable bonds is 5. The van der Waals surface area contributed by atoms with Crippen molar-refractivity contribution in [3.8, 4) is 11.3 Å². The molecule has 164 valence electrons. The average molecular weight is 434 g/mol. The average Bonchev–Trinajstić information content (AvgIpc) is 3.17. The van der Waals surface area contributed by atoms with Crippen molar-refractivity contribution in [2.75, 3.05) is 37.3 Å². The molecule has 0 unspecified atom stereocenters. The molecule has 0 amide bonds. The van der Waals surface area contributed by atoms with Crippen molar-refractivity contribution in [3.05, 3.63) is 65.7 Å². The summed E-state index contributed by atoms with van der Waals surface area (Å²) in [5.74, 6) is -0.800. The lowest BCUT2D eigenvalue weighted by Gasteiger charge is -2.15. The van der Waals surface area contributed by atoms with Gasteiger partial charge >= 0.3 is 5.97 Å². The van der Waals surface area contributed by atoms with Crippen molar-refractivity contribution in [2.24, 2.45) is 0 Å². The van der Waals surface area contributed by atoms with Gasteiger partial charge in [0, 0.05) is 43.1 Å². The minimum absolute atomic E-state index is 0.0126. The Bertz CT molecular complexity index is 1330. The Morgan fingerprint density at radius 2 is 2.00 bits per heavy atom. The monoisotopic (exact) mass is 434 g/mol. The molecule has 3 N–H and O–H groups in total. The highest BCUT2D eigenvalue weighted by atomic mass is 19.1. The van der Waals surface area contributed by atoms with Gasteiger partial charge in [0.15, 0.2) is 0 Å². The number of nitrogens with two attached hydrogens (primary N) is 1. The number of hydrogen-bond acceptors (Lipinski definition) is 7. The maximum Gasteiger partial charge on any atom is 0.341 e. The number of methoxy groups -OCH3 is 1. The number of nitrogens with one attached hydrogen (secondary N) is 1. The van der Waals surface area contributed by atoms with Gasteiger partial charge in [0.2, 0.25) is 5.95 Å². The lowest BCUT2D eigenvalue weighted by atomic mass is 10.1. The summed E-state index contributed by atoms with van der Waals surface area (Å²) in [5, 5.41) is 5.91. The Labute approximate surface area is 184 Å². The molecule has 0 radical (unpaired) electrons. The van der Waals surface area contributed by atoms with Gasteiger partial charge in [0.05, 0.1) is 24.0 Å². The summed E-state index contributed by atoms with van der Waals surface area (Å²) in [5.41, 5.74) is 9.29. The predicted octanol–water partition coefficient (Wildman–Crippen LogP) is 3.86. The second-order valence-electron chi connectivity index (χ2n) is 7.51. The number of esters is 1. The van der Waals surface area contributed by atoms with Crippen molar-refractivity contribution in [1.29, 1.82) is 0 Å². The molecule has 0 aliphatic heterocycles. The van der Waals surface area contributed by atoms with E-state index in [1.54, 1.807) is 6.92 Å². The van der Waals surface area contributed by atoms with Gasteiger partial charge in [-0.3, -0.25) is 4.68 Å². The van der Waals surface area contributed by atoms with Crippen LogP contribution in [0.25, 0.3) is 22.2 Å². The highest BCUT2D eigenvalue weighted by Crippen LogP contribution is 2.33. The second-order valence-corrected chi connectivity index (χ2v) is 7.51. The molecular formula is C23H23FN6O2. The van der Waals surface area contributed by atoms with Crippen LogP contribution in [0.4, 0.5) is 21.7 Å². The summed E-state index contributed by atoms with van der Waals surface area (Å²) in [6, 6.07) is 10.6. The van der Waals surface area contributed by atoms with Gasteiger partial charge in [0.1, 0.15) is 11.4 Å². The van der Waals surface area contributed by atoms with Gasteiger partial charge in [-0.25, -0.2) is 19.2 Å². The largest absolute Gasteiger partial charge is 0.465 e. The smallest absolute Gasteiger partial charge is 0.341 e. The number of benzene rings is 2. The van der Waals surface area contributed by atoms with E-state index in [4.69, 9.17) is 10.5 Å². The molecular weight excluding hydrogens is 411 g/mol. The normalized spacial score (nSPS) is 10.9. The number of fused-ring (bicyclic) bond motifs is 1. The predicted molar refractivity (Wildman–Crippen MR) is 123 cm³/mol. The standard InChI is InChI=1S/C23H23FN6O2/c1-13-9-17(24)18(25)10-19(13)27-23-26-11-15(22(31)32-4)21(28-23)16-12-30(29(2)3)20-8-6-5-7-14(16)20/h5-12H,25H2,1-4H3,(H,26,27,28). The molecule has 2 heterocycles. The summed E-state index contributed by atoms with van der Waals surface area (Å²) in [6.07, 6.45) is 3.32. The van der Waals surface area contributed by atoms with Gasteiger partial charge < -0.3 is 20.8 Å². The molecule has 2 aromatic heterocycles. The van der Waals surface area contributed by atoms with E-state index in [0.29, 0.717) is 16.9 Å². The fourth-order valence-corrected chi connectivity index (χ4v) is 3.53. The molecule has 0 saturated heterocycles. The maximum atomic E-state index is 13.7. The summed E-state index contributed by atoms with van der Waals surface area (Å²) in [4.78, 5) is 21.4. The van der Waals surface area contributed by atoms with Crippen LogP contribution >= 0.6 is 0 Å². The molecule has 0 saturated carbocycles. The van der Waals surface area contributed by atoms with E-state index in [2.05, 4.69) is 15.3 Å². The van der Waals surface area contributed by atoms with Gasteiger partial charge in [-0.15, -0.1) is 0 Å². The quantitative estimate of drug-likeness (QED) is 0.364. The van der Waals surface area contributed by atoms with Crippen LogP contribution < -0.4 is 16.1 Å². The molecule has 32 heavy (non-hydrogen) atoms. The molecule has 0 aliphatic rings.